The van der Waals surface area contributed by atoms with Crippen LogP contribution < -0.4 is 10.6 Å². The van der Waals surface area contributed by atoms with Gasteiger partial charge in [-0.25, -0.2) is 4.79 Å². The van der Waals surface area contributed by atoms with Crippen molar-refractivity contribution in [1.29, 1.82) is 0 Å². The summed E-state index contributed by atoms with van der Waals surface area (Å²) >= 11 is 0. The molecule has 3 atom stereocenters. The Balaban J connectivity index is 2.56. The molecule has 2 N–H and O–H groups in total. The first-order chi connectivity index (χ1) is 9.45. The highest BCUT2D eigenvalue weighted by Crippen LogP contribution is 2.30. The summed E-state index contributed by atoms with van der Waals surface area (Å²) in [5.74, 6) is 0.653. The highest BCUT2D eigenvalue weighted by atomic mass is 16.5. The van der Waals surface area contributed by atoms with Crippen LogP contribution in [-0.4, -0.2) is 37.6 Å². The number of ether oxygens (including phenoxy) is 1. The molecule has 0 aliphatic heterocycles. The third kappa shape index (κ3) is 5.12. The third-order valence-electron chi connectivity index (χ3n) is 4.12. The molecule has 0 spiro atoms. The maximum Gasteiger partial charge on any atom is 0.329 e. The average molecular weight is 284 g/mol. The molecule has 1 saturated carbocycles. The van der Waals surface area contributed by atoms with Crippen LogP contribution in [0.3, 0.4) is 0 Å². The Kier molecular flexibility index (Phi) is 6.99. The zero-order chi connectivity index (χ0) is 15.1. The predicted octanol–water partition coefficient (Wildman–Crippen LogP) is 1.47. The van der Waals surface area contributed by atoms with Crippen molar-refractivity contribution in [1.82, 2.24) is 10.6 Å². The highest BCUT2D eigenvalue weighted by molar-refractivity contribution is 5.83. The maximum atomic E-state index is 11.7. The molecule has 1 amide bonds. The molecule has 1 fully saturated rings. The molecule has 0 aromatic carbocycles. The van der Waals surface area contributed by atoms with Crippen LogP contribution >= 0.6 is 0 Å². The molecular weight excluding hydrogens is 256 g/mol. The molecule has 0 aromatic rings. The van der Waals surface area contributed by atoms with Crippen molar-refractivity contribution < 1.29 is 14.3 Å². The minimum absolute atomic E-state index is 0.216. The Labute approximate surface area is 121 Å². The summed E-state index contributed by atoms with van der Waals surface area (Å²) in [6, 6.07) is -0.183. The number of hydrogen-bond donors (Lipinski definition) is 2. The second-order valence-corrected chi connectivity index (χ2v) is 5.98. The molecule has 1 rings (SSSR count). The SMILES string of the molecule is COC(=O)C(CNC1CCCCC1C(C)C)NC(C)=O. The Hall–Kier alpha value is -1.10. The predicted molar refractivity (Wildman–Crippen MR) is 78.2 cm³/mol. The van der Waals surface area contributed by atoms with Gasteiger partial charge in [0.1, 0.15) is 6.04 Å². The molecule has 0 saturated heterocycles. The van der Waals surface area contributed by atoms with E-state index in [4.69, 9.17) is 4.74 Å². The molecule has 0 heterocycles. The quantitative estimate of drug-likeness (QED) is 0.725. The van der Waals surface area contributed by atoms with Crippen LogP contribution in [-0.2, 0) is 14.3 Å². The van der Waals surface area contributed by atoms with Crippen molar-refractivity contribution in [2.75, 3.05) is 13.7 Å². The van der Waals surface area contributed by atoms with Gasteiger partial charge >= 0.3 is 5.97 Å². The van der Waals surface area contributed by atoms with Gasteiger partial charge < -0.3 is 15.4 Å². The van der Waals surface area contributed by atoms with Crippen LogP contribution in [0, 0.1) is 11.8 Å². The number of hydrogen-bond acceptors (Lipinski definition) is 4. The second-order valence-electron chi connectivity index (χ2n) is 5.98. The van der Waals surface area contributed by atoms with Gasteiger partial charge in [-0.15, -0.1) is 0 Å². The molecule has 0 bridgehead atoms. The maximum absolute atomic E-state index is 11.7. The van der Waals surface area contributed by atoms with E-state index >= 15 is 0 Å². The summed E-state index contributed by atoms with van der Waals surface area (Å²) in [4.78, 5) is 22.8. The first kappa shape index (κ1) is 17.0. The fourth-order valence-electron chi connectivity index (χ4n) is 3.06. The lowest BCUT2D eigenvalue weighted by molar-refractivity contribution is -0.144. The number of methoxy groups -OCH3 is 1. The van der Waals surface area contributed by atoms with E-state index < -0.39 is 12.0 Å². The topological polar surface area (TPSA) is 67.4 Å². The normalized spacial score (nSPS) is 24.2. The Morgan fingerprint density at radius 3 is 2.45 bits per heavy atom. The van der Waals surface area contributed by atoms with Crippen LogP contribution in [0.25, 0.3) is 0 Å². The van der Waals surface area contributed by atoms with E-state index in [9.17, 15) is 9.59 Å². The molecule has 20 heavy (non-hydrogen) atoms. The number of esters is 1. The number of carbonyl (C=O) groups excluding carboxylic acids is 2. The lowest BCUT2D eigenvalue weighted by Gasteiger charge is -2.35. The summed E-state index contributed by atoms with van der Waals surface area (Å²) in [5.41, 5.74) is 0. The number of carbonyl (C=O) groups is 2. The third-order valence-corrected chi connectivity index (χ3v) is 4.12. The number of rotatable bonds is 6. The van der Waals surface area contributed by atoms with Crippen molar-refractivity contribution >= 4 is 11.9 Å². The molecule has 5 heteroatoms. The summed E-state index contributed by atoms with van der Waals surface area (Å²) in [6.07, 6.45) is 4.88. The van der Waals surface area contributed by atoms with Crippen LogP contribution in [0.5, 0.6) is 0 Å². The average Bonchev–Trinajstić information content (AvgIpc) is 2.42. The minimum atomic E-state index is -0.604. The summed E-state index contributed by atoms with van der Waals surface area (Å²) in [6.45, 7) is 6.33. The second kappa shape index (κ2) is 8.25. The summed E-state index contributed by atoms with van der Waals surface area (Å²) in [5, 5.41) is 6.10. The zero-order valence-corrected chi connectivity index (χ0v) is 13.1. The van der Waals surface area contributed by atoms with E-state index in [-0.39, 0.29) is 5.91 Å². The molecule has 1 aliphatic carbocycles. The van der Waals surface area contributed by atoms with E-state index in [1.54, 1.807) is 0 Å². The molecule has 0 radical (unpaired) electrons. The van der Waals surface area contributed by atoms with Crippen molar-refractivity contribution in [3.63, 3.8) is 0 Å². The van der Waals surface area contributed by atoms with Gasteiger partial charge in [-0.3, -0.25) is 4.79 Å². The Morgan fingerprint density at radius 1 is 1.25 bits per heavy atom. The monoisotopic (exact) mass is 284 g/mol. The van der Waals surface area contributed by atoms with Gasteiger partial charge in [0.15, 0.2) is 0 Å². The van der Waals surface area contributed by atoms with E-state index in [1.165, 1.54) is 33.3 Å². The van der Waals surface area contributed by atoms with Gasteiger partial charge in [0.25, 0.3) is 0 Å². The fraction of sp³-hybridized carbons (Fsp3) is 0.867. The van der Waals surface area contributed by atoms with Gasteiger partial charge in [-0.1, -0.05) is 26.7 Å². The standard InChI is InChI=1S/C15H28N2O3/c1-10(2)12-7-5-6-8-13(12)16-9-14(15(19)20-4)17-11(3)18/h10,12-14,16H,5-9H2,1-4H3,(H,17,18). The van der Waals surface area contributed by atoms with Crippen LogP contribution in [0.2, 0.25) is 0 Å². The van der Waals surface area contributed by atoms with Crippen LogP contribution in [0.4, 0.5) is 0 Å². The van der Waals surface area contributed by atoms with E-state index in [2.05, 4.69) is 24.5 Å². The molecular formula is C15H28N2O3. The molecule has 3 unspecified atom stereocenters. The molecule has 0 aromatic heterocycles. The van der Waals surface area contributed by atoms with Gasteiger partial charge in [0, 0.05) is 19.5 Å². The minimum Gasteiger partial charge on any atom is -0.467 e. The number of amides is 1. The largest absolute Gasteiger partial charge is 0.467 e. The van der Waals surface area contributed by atoms with Gasteiger partial charge in [-0.05, 0) is 24.7 Å². The van der Waals surface area contributed by atoms with Gasteiger partial charge in [0.2, 0.25) is 5.91 Å². The lowest BCUT2D eigenvalue weighted by atomic mass is 9.78. The smallest absolute Gasteiger partial charge is 0.329 e. The van der Waals surface area contributed by atoms with Gasteiger partial charge in [0.05, 0.1) is 7.11 Å². The van der Waals surface area contributed by atoms with E-state index in [0.29, 0.717) is 24.4 Å². The van der Waals surface area contributed by atoms with Crippen molar-refractivity contribution in [2.45, 2.75) is 58.5 Å². The molecule has 116 valence electrons. The zero-order valence-electron chi connectivity index (χ0n) is 13.1. The van der Waals surface area contributed by atoms with Crippen LogP contribution in [0.1, 0.15) is 46.5 Å². The van der Waals surface area contributed by atoms with Crippen molar-refractivity contribution in [3.8, 4) is 0 Å². The first-order valence-corrected chi connectivity index (χ1v) is 7.54. The first-order valence-electron chi connectivity index (χ1n) is 7.54. The van der Waals surface area contributed by atoms with Crippen LogP contribution in [0.15, 0.2) is 0 Å². The lowest BCUT2D eigenvalue weighted by Crippen LogP contribution is -2.51. The van der Waals surface area contributed by atoms with E-state index in [0.717, 1.165) is 6.42 Å². The summed E-state index contributed by atoms with van der Waals surface area (Å²) in [7, 11) is 1.34. The van der Waals surface area contributed by atoms with Crippen molar-refractivity contribution in [2.24, 2.45) is 11.8 Å². The molecule has 1 aliphatic rings. The Morgan fingerprint density at radius 2 is 1.90 bits per heavy atom. The highest BCUT2D eigenvalue weighted by Gasteiger charge is 2.29. The fourth-order valence-corrected chi connectivity index (χ4v) is 3.06. The van der Waals surface area contributed by atoms with E-state index in [1.807, 2.05) is 0 Å². The number of nitrogens with one attached hydrogen (secondary N) is 2. The van der Waals surface area contributed by atoms with Crippen molar-refractivity contribution in [3.05, 3.63) is 0 Å². The Bertz CT molecular complexity index is 331. The summed E-state index contributed by atoms with van der Waals surface area (Å²) < 4.78 is 4.73. The molecule has 5 nitrogen and oxygen atoms in total. The van der Waals surface area contributed by atoms with Gasteiger partial charge in [-0.2, -0.15) is 0 Å².